The van der Waals surface area contributed by atoms with Crippen molar-refractivity contribution in [1.82, 2.24) is 9.80 Å². The van der Waals surface area contributed by atoms with Gasteiger partial charge < -0.3 is 9.64 Å². The van der Waals surface area contributed by atoms with Crippen LogP contribution in [-0.4, -0.2) is 48.0 Å². The lowest BCUT2D eigenvalue weighted by Crippen LogP contribution is -2.42. The van der Waals surface area contributed by atoms with Crippen LogP contribution in [0.4, 0.5) is 0 Å². The van der Waals surface area contributed by atoms with Crippen molar-refractivity contribution in [2.24, 2.45) is 0 Å². The summed E-state index contributed by atoms with van der Waals surface area (Å²) >= 11 is 0. The molecule has 2 aliphatic heterocycles. The van der Waals surface area contributed by atoms with Gasteiger partial charge >= 0.3 is 0 Å². The third kappa shape index (κ3) is 5.86. The first-order chi connectivity index (χ1) is 16.0. The molecule has 0 saturated heterocycles. The van der Waals surface area contributed by atoms with Crippen molar-refractivity contribution in [2.75, 3.05) is 20.2 Å². The Morgan fingerprint density at radius 2 is 1.97 bits per heavy atom. The highest BCUT2D eigenvalue weighted by molar-refractivity contribution is 5.96. The minimum atomic E-state index is 0.0211. The molecule has 33 heavy (non-hydrogen) atoms. The lowest BCUT2D eigenvalue weighted by molar-refractivity contribution is -0.124. The summed E-state index contributed by atoms with van der Waals surface area (Å²) in [6.07, 6.45) is 15.6. The van der Waals surface area contributed by atoms with Crippen LogP contribution in [0.25, 0.3) is 5.57 Å². The van der Waals surface area contributed by atoms with Crippen molar-refractivity contribution in [3.8, 4) is 5.75 Å². The Kier molecular flexibility index (Phi) is 8.74. The van der Waals surface area contributed by atoms with E-state index in [4.69, 9.17) is 4.74 Å². The molecule has 1 aromatic rings. The van der Waals surface area contributed by atoms with Crippen LogP contribution >= 0.6 is 0 Å². The van der Waals surface area contributed by atoms with Crippen LogP contribution in [-0.2, 0) is 4.79 Å². The number of allylic oxidation sites excluding steroid dienone is 3. The predicted octanol–water partition coefficient (Wildman–Crippen LogP) is 6.29. The number of methoxy groups -OCH3 is 1. The summed E-state index contributed by atoms with van der Waals surface area (Å²) in [5.74, 6) is 0.884. The summed E-state index contributed by atoms with van der Waals surface area (Å²) in [5, 5.41) is 0. The number of aryl methyl sites for hydroxylation is 1. The van der Waals surface area contributed by atoms with Gasteiger partial charge in [-0.15, -0.1) is 0 Å². The molecule has 3 aliphatic rings. The summed E-state index contributed by atoms with van der Waals surface area (Å²) < 4.78 is 5.35. The molecule has 1 aliphatic carbocycles. The van der Waals surface area contributed by atoms with Crippen LogP contribution < -0.4 is 4.74 Å². The molecule has 2 heterocycles. The highest BCUT2D eigenvalue weighted by Gasteiger charge is 2.27. The number of nitrogens with zero attached hydrogens (tertiary/aromatic N) is 2. The number of hydrogen-bond acceptors (Lipinski definition) is 3. The number of carbonyl (C=O) groups is 1. The second-order valence-electron chi connectivity index (χ2n) is 9.00. The fourth-order valence-corrected chi connectivity index (χ4v) is 4.60. The Morgan fingerprint density at radius 3 is 2.55 bits per heavy atom. The van der Waals surface area contributed by atoms with E-state index in [1.807, 2.05) is 50.9 Å². The Morgan fingerprint density at radius 1 is 1.21 bits per heavy atom. The van der Waals surface area contributed by atoms with E-state index in [0.717, 1.165) is 48.0 Å². The first-order valence-corrected chi connectivity index (χ1v) is 12.5. The normalized spacial score (nSPS) is 21.5. The zero-order chi connectivity index (χ0) is 24.0. The fourth-order valence-electron chi connectivity index (χ4n) is 4.60. The molecule has 4 nitrogen and oxygen atoms in total. The molecular weight excluding hydrogens is 408 g/mol. The molecule has 1 unspecified atom stereocenters. The maximum atomic E-state index is 13.1. The molecule has 1 saturated carbocycles. The van der Waals surface area contributed by atoms with Gasteiger partial charge in [0.25, 0.3) is 5.91 Å². The van der Waals surface area contributed by atoms with Crippen molar-refractivity contribution in [3.05, 3.63) is 71.0 Å². The van der Waals surface area contributed by atoms with Crippen LogP contribution in [0.3, 0.4) is 0 Å². The number of amides is 1. The van der Waals surface area contributed by atoms with E-state index in [1.165, 1.54) is 30.4 Å². The van der Waals surface area contributed by atoms with E-state index in [0.29, 0.717) is 0 Å². The SMILES string of the molecule is CC.COc1ccc(/C(C)=C/C(=O)N2C=C(C3=CCN(C4CCC4)CC3)C=CC2C)cc1C. The van der Waals surface area contributed by atoms with Gasteiger partial charge in [0, 0.05) is 31.4 Å². The molecule has 1 fully saturated rings. The molecule has 1 amide bonds. The predicted molar refractivity (Wildman–Crippen MR) is 138 cm³/mol. The number of ether oxygens (including phenoxy) is 1. The smallest absolute Gasteiger partial charge is 0.251 e. The molecule has 1 atom stereocenters. The molecule has 4 heteroatoms. The summed E-state index contributed by atoms with van der Waals surface area (Å²) in [6, 6.07) is 6.88. The lowest BCUT2D eigenvalue weighted by atomic mass is 9.89. The molecular formula is C29H40N2O2. The van der Waals surface area contributed by atoms with Crippen LogP contribution in [0.5, 0.6) is 5.75 Å². The highest BCUT2D eigenvalue weighted by Crippen LogP contribution is 2.30. The zero-order valence-corrected chi connectivity index (χ0v) is 21.2. The molecule has 0 bridgehead atoms. The van der Waals surface area contributed by atoms with Crippen molar-refractivity contribution in [1.29, 1.82) is 0 Å². The van der Waals surface area contributed by atoms with Crippen LogP contribution in [0.15, 0.2) is 59.8 Å². The summed E-state index contributed by atoms with van der Waals surface area (Å²) in [7, 11) is 1.68. The third-order valence-corrected chi connectivity index (χ3v) is 6.92. The van der Waals surface area contributed by atoms with E-state index in [2.05, 4.69) is 36.1 Å². The van der Waals surface area contributed by atoms with Crippen molar-refractivity contribution in [2.45, 2.75) is 72.4 Å². The number of rotatable bonds is 5. The zero-order valence-electron chi connectivity index (χ0n) is 21.2. The van der Waals surface area contributed by atoms with Gasteiger partial charge in [-0.05, 0) is 80.0 Å². The molecule has 0 N–H and O–H groups in total. The quantitative estimate of drug-likeness (QED) is 0.496. The Labute approximate surface area is 200 Å². The minimum Gasteiger partial charge on any atom is -0.496 e. The Hall–Kier alpha value is -2.59. The number of benzene rings is 1. The van der Waals surface area contributed by atoms with Gasteiger partial charge in [-0.25, -0.2) is 0 Å². The van der Waals surface area contributed by atoms with E-state index in [9.17, 15) is 4.79 Å². The lowest BCUT2D eigenvalue weighted by Gasteiger charge is -2.39. The molecule has 1 aromatic carbocycles. The van der Waals surface area contributed by atoms with Crippen molar-refractivity contribution >= 4 is 11.5 Å². The van der Waals surface area contributed by atoms with E-state index in [1.54, 1.807) is 13.2 Å². The average Bonchev–Trinajstić information content (AvgIpc) is 2.80. The second kappa shape index (κ2) is 11.5. The van der Waals surface area contributed by atoms with E-state index >= 15 is 0 Å². The first-order valence-electron chi connectivity index (χ1n) is 12.5. The van der Waals surface area contributed by atoms with Crippen LogP contribution in [0.1, 0.15) is 64.5 Å². The number of hydrogen-bond donors (Lipinski definition) is 0. The monoisotopic (exact) mass is 448 g/mol. The van der Waals surface area contributed by atoms with Crippen LogP contribution in [0, 0.1) is 6.92 Å². The summed E-state index contributed by atoms with van der Waals surface area (Å²) in [5.41, 5.74) is 5.61. The van der Waals surface area contributed by atoms with Gasteiger partial charge in [0.05, 0.1) is 13.2 Å². The summed E-state index contributed by atoms with van der Waals surface area (Å²) in [4.78, 5) is 17.6. The van der Waals surface area contributed by atoms with Gasteiger partial charge in [0.15, 0.2) is 0 Å². The third-order valence-electron chi connectivity index (χ3n) is 6.92. The largest absolute Gasteiger partial charge is 0.496 e. The minimum absolute atomic E-state index is 0.0211. The van der Waals surface area contributed by atoms with Gasteiger partial charge in [-0.3, -0.25) is 9.69 Å². The van der Waals surface area contributed by atoms with E-state index < -0.39 is 0 Å². The maximum Gasteiger partial charge on any atom is 0.251 e. The Bertz CT molecular complexity index is 966. The van der Waals surface area contributed by atoms with Gasteiger partial charge in [0.1, 0.15) is 5.75 Å². The van der Waals surface area contributed by atoms with Crippen LogP contribution in [0.2, 0.25) is 0 Å². The molecule has 4 rings (SSSR count). The summed E-state index contributed by atoms with van der Waals surface area (Å²) in [6.45, 7) is 12.2. The Balaban J connectivity index is 0.00000149. The molecule has 178 valence electrons. The molecule has 0 aromatic heterocycles. The fraction of sp³-hybridized carbons (Fsp3) is 0.483. The van der Waals surface area contributed by atoms with E-state index in [-0.39, 0.29) is 11.9 Å². The maximum absolute atomic E-state index is 13.1. The van der Waals surface area contributed by atoms with Crippen molar-refractivity contribution in [3.63, 3.8) is 0 Å². The highest BCUT2D eigenvalue weighted by atomic mass is 16.5. The second-order valence-corrected chi connectivity index (χ2v) is 9.00. The van der Waals surface area contributed by atoms with Gasteiger partial charge in [-0.2, -0.15) is 0 Å². The van der Waals surface area contributed by atoms with Gasteiger partial charge in [-0.1, -0.05) is 44.6 Å². The molecule has 0 radical (unpaired) electrons. The number of carbonyl (C=O) groups excluding carboxylic acids is 1. The average molecular weight is 449 g/mol. The van der Waals surface area contributed by atoms with Gasteiger partial charge in [0.2, 0.25) is 0 Å². The standard InChI is InChI=1S/C27H34N2O2.C2H6/c1-19(23-10-11-26(31-4)20(2)16-23)17-27(30)29-18-24(9-8-21(29)3)22-12-14-28(15-13-22)25-6-5-7-25;1-2/h8-12,16-18,21,25H,5-7,13-15H2,1-4H3;1-2H3/b19-17+;. The molecule has 0 spiro atoms. The topological polar surface area (TPSA) is 32.8 Å². The first kappa shape index (κ1) is 25.0. The van der Waals surface area contributed by atoms with Crippen molar-refractivity contribution < 1.29 is 9.53 Å².